The Labute approximate surface area is 131 Å². The molecule has 1 aliphatic heterocycles. The predicted octanol–water partition coefficient (Wildman–Crippen LogP) is 0.873. The summed E-state index contributed by atoms with van der Waals surface area (Å²) in [4.78, 5) is 14.3. The number of carbonyl (C=O) groups excluding carboxylic acids is 1. The van der Waals surface area contributed by atoms with E-state index >= 15 is 0 Å². The van der Waals surface area contributed by atoms with E-state index in [1.165, 1.54) is 0 Å². The van der Waals surface area contributed by atoms with Gasteiger partial charge >= 0.3 is 0 Å². The topological polar surface area (TPSA) is 66.7 Å². The Bertz CT molecular complexity index is 419. The molecule has 1 saturated heterocycles. The molecule has 6 nitrogen and oxygen atoms in total. The SMILES string of the molecule is COCc1ccc(C(=O)NCCCN2CCNCC2)o1.Cl. The number of nitrogens with zero attached hydrogens (tertiary/aromatic N) is 1. The highest BCUT2D eigenvalue weighted by molar-refractivity contribution is 5.91. The highest BCUT2D eigenvalue weighted by Crippen LogP contribution is 2.08. The number of hydrogen-bond acceptors (Lipinski definition) is 5. The number of nitrogens with one attached hydrogen (secondary N) is 2. The van der Waals surface area contributed by atoms with Gasteiger partial charge in [-0.2, -0.15) is 0 Å². The van der Waals surface area contributed by atoms with Crippen molar-refractivity contribution in [3.8, 4) is 0 Å². The van der Waals surface area contributed by atoms with Crippen molar-refractivity contribution in [3.05, 3.63) is 23.7 Å². The smallest absolute Gasteiger partial charge is 0.286 e. The number of piperazine rings is 1. The monoisotopic (exact) mass is 317 g/mol. The highest BCUT2D eigenvalue weighted by Gasteiger charge is 2.11. The number of amides is 1. The van der Waals surface area contributed by atoms with Gasteiger partial charge in [-0.3, -0.25) is 4.79 Å². The maximum absolute atomic E-state index is 11.8. The molecule has 0 unspecified atom stereocenters. The van der Waals surface area contributed by atoms with Crippen LogP contribution in [0.4, 0.5) is 0 Å². The lowest BCUT2D eigenvalue weighted by Gasteiger charge is -2.26. The van der Waals surface area contributed by atoms with Crippen LogP contribution < -0.4 is 10.6 Å². The number of ether oxygens (including phenoxy) is 1. The number of methoxy groups -OCH3 is 1. The summed E-state index contributed by atoms with van der Waals surface area (Å²) in [5.74, 6) is 0.852. The second-order valence-corrected chi connectivity index (χ2v) is 4.90. The van der Waals surface area contributed by atoms with Crippen LogP contribution in [0.2, 0.25) is 0 Å². The van der Waals surface area contributed by atoms with Crippen molar-refractivity contribution >= 4 is 18.3 Å². The van der Waals surface area contributed by atoms with Gasteiger partial charge in [0.05, 0.1) is 0 Å². The maximum Gasteiger partial charge on any atom is 0.286 e. The number of carbonyl (C=O) groups is 1. The number of rotatable bonds is 7. The Morgan fingerprint density at radius 3 is 2.90 bits per heavy atom. The normalized spacial score (nSPS) is 15.5. The standard InChI is InChI=1S/C14H23N3O3.ClH/c1-19-11-12-3-4-13(20-12)14(18)16-5-2-8-17-9-6-15-7-10-17;/h3-4,15H,2,5-11H2,1H3,(H,16,18);1H. The van der Waals surface area contributed by atoms with E-state index < -0.39 is 0 Å². The van der Waals surface area contributed by atoms with Crippen molar-refractivity contribution in [2.75, 3.05) is 46.4 Å². The van der Waals surface area contributed by atoms with Crippen molar-refractivity contribution in [2.45, 2.75) is 13.0 Å². The molecule has 0 atom stereocenters. The second-order valence-electron chi connectivity index (χ2n) is 4.90. The first-order valence-corrected chi connectivity index (χ1v) is 7.08. The van der Waals surface area contributed by atoms with E-state index in [0.29, 0.717) is 24.7 Å². The number of halogens is 1. The first kappa shape index (κ1) is 18.0. The van der Waals surface area contributed by atoms with Gasteiger partial charge in [-0.25, -0.2) is 0 Å². The van der Waals surface area contributed by atoms with Crippen LogP contribution in [-0.2, 0) is 11.3 Å². The molecule has 1 aromatic heterocycles. The molecule has 2 N–H and O–H groups in total. The predicted molar refractivity (Wildman–Crippen MR) is 82.9 cm³/mol. The zero-order valence-electron chi connectivity index (χ0n) is 12.4. The third kappa shape index (κ3) is 6.05. The molecule has 21 heavy (non-hydrogen) atoms. The zero-order chi connectivity index (χ0) is 14.2. The van der Waals surface area contributed by atoms with Gasteiger partial charge in [0.2, 0.25) is 0 Å². The summed E-state index contributed by atoms with van der Waals surface area (Å²) in [5.41, 5.74) is 0. The fourth-order valence-corrected chi connectivity index (χ4v) is 2.25. The van der Waals surface area contributed by atoms with E-state index in [1.54, 1.807) is 19.2 Å². The van der Waals surface area contributed by atoms with Crippen molar-refractivity contribution in [1.82, 2.24) is 15.5 Å². The summed E-state index contributed by atoms with van der Waals surface area (Å²) in [5, 5.41) is 6.20. The van der Waals surface area contributed by atoms with Gasteiger partial charge < -0.3 is 24.7 Å². The van der Waals surface area contributed by atoms with Gasteiger partial charge in [0.25, 0.3) is 5.91 Å². The average Bonchev–Trinajstić information content (AvgIpc) is 2.94. The fourth-order valence-electron chi connectivity index (χ4n) is 2.25. The molecule has 1 fully saturated rings. The molecule has 1 amide bonds. The summed E-state index contributed by atoms with van der Waals surface area (Å²) in [6.45, 7) is 6.37. The van der Waals surface area contributed by atoms with Gasteiger partial charge in [0, 0.05) is 39.8 Å². The van der Waals surface area contributed by atoms with Gasteiger partial charge in [0.15, 0.2) is 5.76 Å². The quantitative estimate of drug-likeness (QED) is 0.731. The molecular weight excluding hydrogens is 294 g/mol. The number of hydrogen-bond donors (Lipinski definition) is 2. The Kier molecular flexibility index (Phi) is 8.37. The summed E-state index contributed by atoms with van der Waals surface area (Å²) >= 11 is 0. The van der Waals surface area contributed by atoms with E-state index in [0.717, 1.165) is 39.1 Å². The molecule has 1 aliphatic rings. The fraction of sp³-hybridized carbons (Fsp3) is 0.643. The molecule has 0 saturated carbocycles. The molecule has 0 bridgehead atoms. The van der Waals surface area contributed by atoms with Gasteiger partial charge in [-0.05, 0) is 25.1 Å². The molecule has 0 radical (unpaired) electrons. The van der Waals surface area contributed by atoms with Crippen LogP contribution >= 0.6 is 12.4 Å². The van der Waals surface area contributed by atoms with Crippen LogP contribution in [0.5, 0.6) is 0 Å². The van der Waals surface area contributed by atoms with E-state index in [-0.39, 0.29) is 18.3 Å². The lowest BCUT2D eigenvalue weighted by atomic mass is 10.3. The van der Waals surface area contributed by atoms with Gasteiger partial charge in [-0.15, -0.1) is 12.4 Å². The summed E-state index contributed by atoms with van der Waals surface area (Å²) in [6, 6.07) is 3.44. The van der Waals surface area contributed by atoms with Crippen LogP contribution in [0, 0.1) is 0 Å². The van der Waals surface area contributed by atoms with E-state index in [4.69, 9.17) is 9.15 Å². The molecule has 2 heterocycles. The third-order valence-corrected chi connectivity index (χ3v) is 3.32. The van der Waals surface area contributed by atoms with Crippen LogP contribution in [0.25, 0.3) is 0 Å². The summed E-state index contributed by atoms with van der Waals surface area (Å²) in [6.07, 6.45) is 0.956. The molecule has 0 aromatic carbocycles. The molecule has 7 heteroatoms. The second kappa shape index (κ2) is 9.78. The van der Waals surface area contributed by atoms with E-state index in [2.05, 4.69) is 15.5 Å². The first-order chi connectivity index (χ1) is 9.79. The summed E-state index contributed by atoms with van der Waals surface area (Å²) < 4.78 is 10.3. The van der Waals surface area contributed by atoms with E-state index in [1.807, 2.05) is 0 Å². The van der Waals surface area contributed by atoms with Gasteiger partial charge in [-0.1, -0.05) is 0 Å². The minimum Gasteiger partial charge on any atom is -0.453 e. The Balaban J connectivity index is 0.00000220. The Morgan fingerprint density at radius 2 is 2.19 bits per heavy atom. The van der Waals surface area contributed by atoms with Crippen LogP contribution in [0.3, 0.4) is 0 Å². The zero-order valence-corrected chi connectivity index (χ0v) is 13.2. The average molecular weight is 318 g/mol. The van der Waals surface area contributed by atoms with Crippen molar-refractivity contribution in [1.29, 1.82) is 0 Å². The third-order valence-electron chi connectivity index (χ3n) is 3.32. The molecule has 2 rings (SSSR count). The minimum atomic E-state index is -0.160. The Morgan fingerprint density at radius 1 is 1.43 bits per heavy atom. The maximum atomic E-state index is 11.8. The lowest BCUT2D eigenvalue weighted by molar-refractivity contribution is 0.0915. The molecule has 0 spiro atoms. The van der Waals surface area contributed by atoms with Gasteiger partial charge in [0.1, 0.15) is 12.4 Å². The lowest BCUT2D eigenvalue weighted by Crippen LogP contribution is -2.44. The van der Waals surface area contributed by atoms with Crippen LogP contribution in [0.1, 0.15) is 22.7 Å². The summed E-state index contributed by atoms with van der Waals surface area (Å²) in [7, 11) is 1.60. The largest absolute Gasteiger partial charge is 0.453 e. The van der Waals surface area contributed by atoms with Crippen molar-refractivity contribution < 1.29 is 13.9 Å². The van der Waals surface area contributed by atoms with Crippen molar-refractivity contribution in [3.63, 3.8) is 0 Å². The molecule has 1 aromatic rings. The number of furan rings is 1. The molecule has 120 valence electrons. The molecular formula is C14H24ClN3O3. The van der Waals surface area contributed by atoms with Crippen LogP contribution in [0.15, 0.2) is 16.5 Å². The minimum absolute atomic E-state index is 0. The highest BCUT2D eigenvalue weighted by atomic mass is 35.5. The molecule has 0 aliphatic carbocycles. The van der Waals surface area contributed by atoms with Crippen LogP contribution in [-0.4, -0.2) is 57.2 Å². The van der Waals surface area contributed by atoms with Crippen molar-refractivity contribution in [2.24, 2.45) is 0 Å². The van der Waals surface area contributed by atoms with E-state index in [9.17, 15) is 4.79 Å². The first-order valence-electron chi connectivity index (χ1n) is 7.08. The Hall–Kier alpha value is -1.08.